The number of ether oxygens (including phenoxy) is 2. The van der Waals surface area contributed by atoms with Crippen molar-refractivity contribution < 1.29 is 9.47 Å². The molecule has 0 aliphatic rings. The highest BCUT2D eigenvalue weighted by molar-refractivity contribution is 5.25. The van der Waals surface area contributed by atoms with Gasteiger partial charge in [0.15, 0.2) is 0 Å². The van der Waals surface area contributed by atoms with E-state index in [0.717, 1.165) is 19.4 Å². The minimum Gasteiger partial charge on any atom is -0.385 e. The summed E-state index contributed by atoms with van der Waals surface area (Å²) < 4.78 is 11.0. The molecule has 0 saturated carbocycles. The Morgan fingerprint density at radius 1 is 1.28 bits per heavy atom. The van der Waals surface area contributed by atoms with Crippen LogP contribution in [0.15, 0.2) is 24.3 Å². The number of aryl methyl sites for hydroxylation is 1. The van der Waals surface area contributed by atoms with Crippen LogP contribution >= 0.6 is 0 Å². The first-order valence-corrected chi connectivity index (χ1v) is 6.61. The number of methoxy groups -OCH3 is 1. The summed E-state index contributed by atoms with van der Waals surface area (Å²) in [6.45, 7) is 5.58. The van der Waals surface area contributed by atoms with Crippen molar-refractivity contribution in [3.63, 3.8) is 0 Å². The average Bonchev–Trinajstić information content (AvgIpc) is 2.38. The fraction of sp³-hybridized carbons (Fsp3) is 0.600. The molecular formula is C15H25NO2. The lowest BCUT2D eigenvalue weighted by atomic mass is 9.99. The van der Waals surface area contributed by atoms with Crippen molar-refractivity contribution in [1.29, 1.82) is 0 Å². The van der Waals surface area contributed by atoms with Gasteiger partial charge in [0.1, 0.15) is 0 Å². The van der Waals surface area contributed by atoms with Crippen molar-refractivity contribution >= 4 is 0 Å². The second kappa shape index (κ2) is 8.25. The fourth-order valence-electron chi connectivity index (χ4n) is 1.94. The number of rotatable bonds is 8. The number of nitrogens with two attached hydrogens (primary N) is 1. The van der Waals surface area contributed by atoms with Crippen LogP contribution < -0.4 is 5.73 Å². The average molecular weight is 251 g/mol. The molecule has 0 amide bonds. The van der Waals surface area contributed by atoms with Crippen LogP contribution in [0.1, 0.15) is 37.0 Å². The molecule has 1 aromatic rings. The zero-order valence-corrected chi connectivity index (χ0v) is 11.7. The van der Waals surface area contributed by atoms with Gasteiger partial charge in [-0.15, -0.1) is 0 Å². The first-order chi connectivity index (χ1) is 8.69. The van der Waals surface area contributed by atoms with Gasteiger partial charge >= 0.3 is 0 Å². The molecule has 1 aromatic carbocycles. The van der Waals surface area contributed by atoms with E-state index >= 15 is 0 Å². The molecular weight excluding hydrogens is 226 g/mol. The Balaban J connectivity index is 2.66. The van der Waals surface area contributed by atoms with E-state index in [1.165, 1.54) is 11.1 Å². The maximum absolute atomic E-state index is 6.16. The number of hydrogen-bond acceptors (Lipinski definition) is 3. The fourth-order valence-corrected chi connectivity index (χ4v) is 1.94. The minimum atomic E-state index is -0.0215. The molecule has 18 heavy (non-hydrogen) atoms. The van der Waals surface area contributed by atoms with Crippen LogP contribution in [0.4, 0.5) is 0 Å². The van der Waals surface area contributed by atoms with Gasteiger partial charge in [0.05, 0.1) is 6.10 Å². The first kappa shape index (κ1) is 15.2. The highest BCUT2D eigenvalue weighted by atomic mass is 16.5. The lowest BCUT2D eigenvalue weighted by Crippen LogP contribution is -2.30. The molecule has 102 valence electrons. The van der Waals surface area contributed by atoms with Gasteiger partial charge < -0.3 is 15.2 Å². The first-order valence-electron chi connectivity index (χ1n) is 6.61. The molecule has 1 rings (SSSR count). The van der Waals surface area contributed by atoms with Gasteiger partial charge in [0.2, 0.25) is 0 Å². The Morgan fingerprint density at radius 3 is 2.67 bits per heavy atom. The maximum atomic E-state index is 6.16. The summed E-state index contributed by atoms with van der Waals surface area (Å²) in [5, 5.41) is 0. The summed E-state index contributed by atoms with van der Waals surface area (Å²) >= 11 is 0. The standard InChI is InChI=1S/C15H25NO2/c1-4-14(16)15(18-10-6-9-17-3)13-8-5-7-12(2)11-13/h5,7-8,11,14-15H,4,6,9-10,16H2,1-3H3. The quantitative estimate of drug-likeness (QED) is 0.723. The van der Waals surface area contributed by atoms with Crippen LogP contribution in [-0.4, -0.2) is 26.4 Å². The van der Waals surface area contributed by atoms with Gasteiger partial charge in [-0.2, -0.15) is 0 Å². The van der Waals surface area contributed by atoms with Crippen molar-refractivity contribution in [2.45, 2.75) is 38.8 Å². The molecule has 0 aliphatic carbocycles. The third-order valence-corrected chi connectivity index (χ3v) is 3.02. The highest BCUT2D eigenvalue weighted by Gasteiger charge is 2.19. The van der Waals surface area contributed by atoms with E-state index in [2.05, 4.69) is 38.1 Å². The molecule has 0 aromatic heterocycles. The van der Waals surface area contributed by atoms with Crippen molar-refractivity contribution in [2.75, 3.05) is 20.3 Å². The van der Waals surface area contributed by atoms with E-state index in [0.29, 0.717) is 6.61 Å². The lowest BCUT2D eigenvalue weighted by molar-refractivity contribution is 0.0222. The normalized spacial score (nSPS) is 14.4. The topological polar surface area (TPSA) is 44.5 Å². The van der Waals surface area contributed by atoms with Gasteiger partial charge in [-0.3, -0.25) is 0 Å². The summed E-state index contributed by atoms with van der Waals surface area (Å²) in [5.41, 5.74) is 8.56. The third-order valence-electron chi connectivity index (χ3n) is 3.02. The number of hydrogen-bond donors (Lipinski definition) is 1. The summed E-state index contributed by atoms with van der Waals surface area (Å²) in [6, 6.07) is 8.41. The van der Waals surface area contributed by atoms with E-state index < -0.39 is 0 Å². The van der Waals surface area contributed by atoms with Gasteiger partial charge in [-0.1, -0.05) is 36.8 Å². The molecule has 0 aliphatic heterocycles. The van der Waals surface area contributed by atoms with Gasteiger partial charge in [-0.05, 0) is 25.3 Å². The third kappa shape index (κ3) is 4.77. The SMILES string of the molecule is CCC(N)C(OCCCOC)c1cccc(C)c1. The smallest absolute Gasteiger partial charge is 0.0975 e. The van der Waals surface area contributed by atoms with Crippen molar-refractivity contribution in [3.05, 3.63) is 35.4 Å². The zero-order valence-electron chi connectivity index (χ0n) is 11.7. The van der Waals surface area contributed by atoms with Crippen LogP contribution in [0.25, 0.3) is 0 Å². The summed E-state index contributed by atoms with van der Waals surface area (Å²) in [6.07, 6.45) is 1.78. The molecule has 2 unspecified atom stereocenters. The molecule has 0 saturated heterocycles. The molecule has 0 heterocycles. The van der Waals surface area contributed by atoms with E-state index in [1.54, 1.807) is 7.11 Å². The van der Waals surface area contributed by atoms with E-state index in [-0.39, 0.29) is 12.1 Å². The Bertz CT molecular complexity index is 341. The molecule has 0 radical (unpaired) electrons. The maximum Gasteiger partial charge on any atom is 0.0975 e. The molecule has 2 N–H and O–H groups in total. The Kier molecular flexibility index (Phi) is 6.94. The van der Waals surface area contributed by atoms with Crippen molar-refractivity contribution in [1.82, 2.24) is 0 Å². The number of benzene rings is 1. The molecule has 3 heteroatoms. The second-order valence-electron chi connectivity index (χ2n) is 4.62. The van der Waals surface area contributed by atoms with Crippen LogP contribution in [-0.2, 0) is 9.47 Å². The lowest BCUT2D eigenvalue weighted by Gasteiger charge is -2.24. The van der Waals surface area contributed by atoms with E-state index in [1.807, 2.05) is 0 Å². The monoisotopic (exact) mass is 251 g/mol. The van der Waals surface area contributed by atoms with E-state index in [4.69, 9.17) is 15.2 Å². The largest absolute Gasteiger partial charge is 0.385 e. The Morgan fingerprint density at radius 2 is 2.06 bits per heavy atom. The Hall–Kier alpha value is -0.900. The highest BCUT2D eigenvalue weighted by Crippen LogP contribution is 2.23. The summed E-state index contributed by atoms with van der Waals surface area (Å²) in [5.74, 6) is 0. The van der Waals surface area contributed by atoms with Crippen LogP contribution in [0.3, 0.4) is 0 Å². The molecule has 0 fully saturated rings. The second-order valence-corrected chi connectivity index (χ2v) is 4.62. The molecule has 0 spiro atoms. The van der Waals surface area contributed by atoms with E-state index in [9.17, 15) is 0 Å². The minimum absolute atomic E-state index is 0.0215. The van der Waals surface area contributed by atoms with Crippen molar-refractivity contribution in [3.8, 4) is 0 Å². The molecule has 0 bridgehead atoms. The van der Waals surface area contributed by atoms with Gasteiger partial charge in [-0.25, -0.2) is 0 Å². The van der Waals surface area contributed by atoms with Crippen molar-refractivity contribution in [2.24, 2.45) is 5.73 Å². The van der Waals surface area contributed by atoms with Gasteiger partial charge in [0.25, 0.3) is 0 Å². The molecule has 3 nitrogen and oxygen atoms in total. The molecule has 2 atom stereocenters. The summed E-state index contributed by atoms with van der Waals surface area (Å²) in [4.78, 5) is 0. The van der Waals surface area contributed by atoms with Crippen LogP contribution in [0.5, 0.6) is 0 Å². The predicted octanol–water partition coefficient (Wildman–Crippen LogP) is 2.83. The zero-order chi connectivity index (χ0) is 13.4. The van der Waals surface area contributed by atoms with Crippen LogP contribution in [0.2, 0.25) is 0 Å². The Labute approximate surface area is 110 Å². The summed E-state index contributed by atoms with van der Waals surface area (Å²) in [7, 11) is 1.70. The predicted molar refractivity (Wildman–Crippen MR) is 74.6 cm³/mol. The van der Waals surface area contributed by atoms with Crippen LogP contribution in [0, 0.1) is 6.92 Å². The van der Waals surface area contributed by atoms with Gasteiger partial charge in [0, 0.05) is 26.4 Å².